The van der Waals surface area contributed by atoms with E-state index in [1.807, 2.05) is 57.3 Å². The molecule has 112 valence electrons. The SMILES string of the molecule is CC(C)(C)C(N)C(=O)NCc1ccccc1-n1cccn1. The Bertz CT molecular complexity index is 599. The van der Waals surface area contributed by atoms with E-state index in [0.29, 0.717) is 6.54 Å². The van der Waals surface area contributed by atoms with Gasteiger partial charge >= 0.3 is 0 Å². The molecule has 1 heterocycles. The summed E-state index contributed by atoms with van der Waals surface area (Å²) in [5.74, 6) is -0.141. The van der Waals surface area contributed by atoms with E-state index in [1.165, 1.54) is 0 Å². The van der Waals surface area contributed by atoms with Crippen molar-refractivity contribution < 1.29 is 4.79 Å². The first-order chi connectivity index (χ1) is 9.89. The second-order valence-electron chi connectivity index (χ2n) is 6.14. The summed E-state index contributed by atoms with van der Waals surface area (Å²) < 4.78 is 1.78. The Morgan fingerprint density at radius 2 is 2.05 bits per heavy atom. The smallest absolute Gasteiger partial charge is 0.237 e. The van der Waals surface area contributed by atoms with Crippen molar-refractivity contribution in [1.29, 1.82) is 0 Å². The molecule has 0 aliphatic heterocycles. The fourth-order valence-corrected chi connectivity index (χ4v) is 1.98. The van der Waals surface area contributed by atoms with Gasteiger partial charge in [0.25, 0.3) is 0 Å². The van der Waals surface area contributed by atoms with Crippen molar-refractivity contribution in [1.82, 2.24) is 15.1 Å². The maximum Gasteiger partial charge on any atom is 0.237 e. The number of aromatic nitrogens is 2. The van der Waals surface area contributed by atoms with E-state index in [-0.39, 0.29) is 11.3 Å². The third-order valence-electron chi connectivity index (χ3n) is 3.41. The fraction of sp³-hybridized carbons (Fsp3) is 0.375. The Kier molecular flexibility index (Phi) is 4.43. The Balaban J connectivity index is 2.10. The highest BCUT2D eigenvalue weighted by molar-refractivity contribution is 5.82. The molecule has 2 aromatic rings. The summed E-state index contributed by atoms with van der Waals surface area (Å²) in [4.78, 5) is 12.1. The van der Waals surface area contributed by atoms with Crippen LogP contribution in [-0.2, 0) is 11.3 Å². The zero-order chi connectivity index (χ0) is 15.5. The molecule has 0 aliphatic carbocycles. The molecule has 2 rings (SSSR count). The average molecular weight is 286 g/mol. The molecule has 0 fully saturated rings. The van der Waals surface area contributed by atoms with Gasteiger partial charge < -0.3 is 11.1 Å². The maximum atomic E-state index is 12.1. The predicted molar refractivity (Wildman–Crippen MR) is 82.8 cm³/mol. The van der Waals surface area contributed by atoms with Crippen LogP contribution in [0, 0.1) is 5.41 Å². The van der Waals surface area contributed by atoms with Crippen molar-refractivity contribution in [3.63, 3.8) is 0 Å². The quantitative estimate of drug-likeness (QED) is 0.901. The standard InChI is InChI=1S/C16H22N4O/c1-16(2,3)14(17)15(21)18-11-12-7-4-5-8-13(12)20-10-6-9-19-20/h4-10,14H,11,17H2,1-3H3,(H,18,21). The first-order valence-electron chi connectivity index (χ1n) is 7.01. The lowest BCUT2D eigenvalue weighted by Crippen LogP contribution is -2.48. The Labute approximate surface area is 125 Å². The lowest BCUT2D eigenvalue weighted by Gasteiger charge is -2.26. The van der Waals surface area contributed by atoms with Crippen molar-refractivity contribution in [2.24, 2.45) is 11.1 Å². The highest BCUT2D eigenvalue weighted by Crippen LogP contribution is 2.18. The molecular weight excluding hydrogens is 264 g/mol. The van der Waals surface area contributed by atoms with Crippen LogP contribution < -0.4 is 11.1 Å². The molecule has 1 aromatic carbocycles. The Morgan fingerprint density at radius 1 is 1.33 bits per heavy atom. The van der Waals surface area contributed by atoms with Gasteiger partial charge in [-0.25, -0.2) is 4.68 Å². The first-order valence-corrected chi connectivity index (χ1v) is 7.01. The number of hydrogen-bond donors (Lipinski definition) is 2. The zero-order valence-corrected chi connectivity index (χ0v) is 12.7. The topological polar surface area (TPSA) is 72.9 Å². The first kappa shape index (κ1) is 15.3. The van der Waals surface area contributed by atoms with Gasteiger partial charge in [-0.3, -0.25) is 4.79 Å². The molecule has 0 saturated heterocycles. The molecule has 0 spiro atoms. The van der Waals surface area contributed by atoms with Crippen molar-refractivity contribution in [2.75, 3.05) is 0 Å². The molecule has 0 bridgehead atoms. The second-order valence-corrected chi connectivity index (χ2v) is 6.14. The molecular formula is C16H22N4O. The lowest BCUT2D eigenvalue weighted by atomic mass is 9.87. The van der Waals surface area contributed by atoms with Crippen molar-refractivity contribution in [3.8, 4) is 5.69 Å². The van der Waals surface area contributed by atoms with Gasteiger partial charge in [-0.1, -0.05) is 39.0 Å². The van der Waals surface area contributed by atoms with Gasteiger partial charge in [0.05, 0.1) is 11.7 Å². The van der Waals surface area contributed by atoms with Crippen molar-refractivity contribution >= 4 is 5.91 Å². The highest BCUT2D eigenvalue weighted by atomic mass is 16.2. The fourth-order valence-electron chi connectivity index (χ4n) is 1.98. The second kappa shape index (κ2) is 6.10. The van der Waals surface area contributed by atoms with E-state index < -0.39 is 6.04 Å². The largest absolute Gasteiger partial charge is 0.351 e. The summed E-state index contributed by atoms with van der Waals surface area (Å²) in [7, 11) is 0. The lowest BCUT2D eigenvalue weighted by molar-refractivity contribution is -0.124. The molecule has 3 N–H and O–H groups in total. The number of amides is 1. The number of carbonyl (C=O) groups is 1. The summed E-state index contributed by atoms with van der Waals surface area (Å²) in [6.45, 7) is 6.29. The third-order valence-corrected chi connectivity index (χ3v) is 3.41. The Hall–Kier alpha value is -2.14. The third kappa shape index (κ3) is 3.70. The zero-order valence-electron chi connectivity index (χ0n) is 12.7. The molecule has 1 amide bonds. The molecule has 1 aromatic heterocycles. The number of nitrogens with two attached hydrogens (primary N) is 1. The summed E-state index contributed by atoms with van der Waals surface area (Å²) >= 11 is 0. The van der Waals surface area contributed by atoms with Crippen LogP contribution in [0.5, 0.6) is 0 Å². The minimum absolute atomic E-state index is 0.141. The van der Waals surface area contributed by atoms with Gasteiger partial charge in [-0.05, 0) is 23.1 Å². The van der Waals surface area contributed by atoms with E-state index in [0.717, 1.165) is 11.3 Å². The predicted octanol–water partition coefficient (Wildman–Crippen LogP) is 1.86. The summed E-state index contributed by atoms with van der Waals surface area (Å²) in [5, 5.41) is 7.13. The Morgan fingerprint density at radius 3 is 2.67 bits per heavy atom. The van der Waals surface area contributed by atoms with Crippen LogP contribution in [0.3, 0.4) is 0 Å². The normalized spacial score (nSPS) is 13.0. The number of para-hydroxylation sites is 1. The van der Waals surface area contributed by atoms with Crippen LogP contribution in [0.1, 0.15) is 26.3 Å². The van der Waals surface area contributed by atoms with Crippen LogP contribution in [0.15, 0.2) is 42.7 Å². The van der Waals surface area contributed by atoms with Crippen LogP contribution in [-0.4, -0.2) is 21.7 Å². The van der Waals surface area contributed by atoms with Crippen LogP contribution in [0.4, 0.5) is 0 Å². The molecule has 1 unspecified atom stereocenters. The molecule has 5 nitrogen and oxygen atoms in total. The summed E-state index contributed by atoms with van der Waals surface area (Å²) in [5.41, 5.74) is 7.65. The summed E-state index contributed by atoms with van der Waals surface area (Å²) in [6, 6.07) is 9.17. The van der Waals surface area contributed by atoms with E-state index in [1.54, 1.807) is 10.9 Å². The van der Waals surface area contributed by atoms with Crippen molar-refractivity contribution in [2.45, 2.75) is 33.4 Å². The number of nitrogens with one attached hydrogen (secondary N) is 1. The van der Waals surface area contributed by atoms with E-state index >= 15 is 0 Å². The van der Waals surface area contributed by atoms with Gasteiger partial charge in [0.15, 0.2) is 0 Å². The van der Waals surface area contributed by atoms with Gasteiger partial charge in [0.1, 0.15) is 0 Å². The summed E-state index contributed by atoms with van der Waals surface area (Å²) in [6.07, 6.45) is 3.60. The number of rotatable bonds is 4. The maximum absolute atomic E-state index is 12.1. The molecule has 0 saturated carbocycles. The molecule has 1 atom stereocenters. The molecule has 0 radical (unpaired) electrons. The van der Waals surface area contributed by atoms with E-state index in [2.05, 4.69) is 10.4 Å². The van der Waals surface area contributed by atoms with Gasteiger partial charge in [0, 0.05) is 18.9 Å². The number of hydrogen-bond acceptors (Lipinski definition) is 3. The average Bonchev–Trinajstić information content (AvgIpc) is 2.97. The van der Waals surface area contributed by atoms with Crippen LogP contribution in [0.25, 0.3) is 5.69 Å². The van der Waals surface area contributed by atoms with E-state index in [4.69, 9.17) is 5.73 Å². The van der Waals surface area contributed by atoms with E-state index in [9.17, 15) is 4.79 Å². The monoisotopic (exact) mass is 286 g/mol. The van der Waals surface area contributed by atoms with Gasteiger partial charge in [0.2, 0.25) is 5.91 Å². The minimum atomic E-state index is -0.533. The van der Waals surface area contributed by atoms with Gasteiger partial charge in [-0.2, -0.15) is 5.10 Å². The molecule has 5 heteroatoms. The highest BCUT2D eigenvalue weighted by Gasteiger charge is 2.27. The molecule has 21 heavy (non-hydrogen) atoms. The molecule has 0 aliphatic rings. The van der Waals surface area contributed by atoms with Crippen LogP contribution in [0.2, 0.25) is 0 Å². The number of nitrogens with zero attached hydrogens (tertiary/aromatic N) is 2. The number of carbonyl (C=O) groups excluding carboxylic acids is 1. The van der Waals surface area contributed by atoms with Crippen LogP contribution >= 0.6 is 0 Å². The van der Waals surface area contributed by atoms with Crippen molar-refractivity contribution in [3.05, 3.63) is 48.3 Å². The minimum Gasteiger partial charge on any atom is -0.351 e. The number of benzene rings is 1. The van der Waals surface area contributed by atoms with Gasteiger partial charge in [-0.15, -0.1) is 0 Å².